The van der Waals surface area contributed by atoms with Crippen molar-refractivity contribution in [2.75, 3.05) is 7.05 Å². The summed E-state index contributed by atoms with van der Waals surface area (Å²) in [4.78, 5) is 0. The molecule has 0 radical (unpaired) electrons. The highest BCUT2D eigenvalue weighted by Crippen LogP contribution is 2.26. The minimum Gasteiger partial charge on any atom is -0.311 e. The molecule has 3 nitrogen and oxygen atoms in total. The van der Waals surface area contributed by atoms with Crippen LogP contribution in [0.25, 0.3) is 0 Å². The van der Waals surface area contributed by atoms with Gasteiger partial charge in [0.05, 0.1) is 23.0 Å². The van der Waals surface area contributed by atoms with Gasteiger partial charge in [-0.05, 0) is 37.6 Å². The van der Waals surface area contributed by atoms with E-state index in [9.17, 15) is 0 Å². The number of hydrogen-bond donors (Lipinski definition) is 1. The quantitative estimate of drug-likeness (QED) is 0.870. The van der Waals surface area contributed by atoms with Crippen LogP contribution in [0.2, 0.25) is 10.0 Å². The van der Waals surface area contributed by atoms with Crippen LogP contribution in [0, 0.1) is 0 Å². The van der Waals surface area contributed by atoms with Gasteiger partial charge in [-0.3, -0.25) is 4.68 Å². The van der Waals surface area contributed by atoms with Crippen molar-refractivity contribution in [3.63, 3.8) is 0 Å². The summed E-state index contributed by atoms with van der Waals surface area (Å²) in [6.07, 6.45) is 3.57. The fourth-order valence-electron chi connectivity index (χ4n) is 2.34. The van der Waals surface area contributed by atoms with Gasteiger partial charge in [-0.2, -0.15) is 5.10 Å². The summed E-state index contributed by atoms with van der Waals surface area (Å²) in [6, 6.07) is 8.03. The molecule has 0 spiro atoms. The second kappa shape index (κ2) is 7.11. The molecule has 0 saturated carbocycles. The zero-order chi connectivity index (χ0) is 14.5. The smallest absolute Gasteiger partial charge is 0.0834 e. The number of hydrogen-bond acceptors (Lipinski definition) is 2. The van der Waals surface area contributed by atoms with Crippen molar-refractivity contribution in [3.8, 4) is 0 Å². The summed E-state index contributed by atoms with van der Waals surface area (Å²) in [7, 11) is 1.94. The van der Waals surface area contributed by atoms with Crippen LogP contribution in [-0.2, 0) is 13.0 Å². The van der Waals surface area contributed by atoms with Crippen LogP contribution < -0.4 is 5.32 Å². The van der Waals surface area contributed by atoms with Crippen molar-refractivity contribution < 1.29 is 0 Å². The Morgan fingerprint density at radius 1 is 1.35 bits per heavy atom. The van der Waals surface area contributed by atoms with Gasteiger partial charge in [0.1, 0.15) is 0 Å². The van der Waals surface area contributed by atoms with Gasteiger partial charge in [-0.1, -0.05) is 42.3 Å². The number of benzene rings is 1. The van der Waals surface area contributed by atoms with Crippen molar-refractivity contribution in [1.82, 2.24) is 15.1 Å². The maximum absolute atomic E-state index is 6.30. The number of halogens is 2. The van der Waals surface area contributed by atoms with E-state index < -0.39 is 0 Å². The van der Waals surface area contributed by atoms with Crippen LogP contribution >= 0.6 is 23.2 Å². The normalized spacial score (nSPS) is 12.6. The Labute approximate surface area is 129 Å². The molecule has 1 atom stereocenters. The first-order valence-corrected chi connectivity index (χ1v) is 7.54. The maximum atomic E-state index is 6.30. The van der Waals surface area contributed by atoms with Crippen LogP contribution in [0.3, 0.4) is 0 Å². The molecule has 0 saturated heterocycles. The molecule has 0 aliphatic heterocycles. The average molecular weight is 312 g/mol. The van der Waals surface area contributed by atoms with Crippen LogP contribution in [0.5, 0.6) is 0 Å². The third-order valence-electron chi connectivity index (χ3n) is 3.28. The summed E-state index contributed by atoms with van der Waals surface area (Å²) in [5, 5.41) is 9.14. The molecule has 0 aliphatic rings. The Balaban J connectivity index is 2.26. The first kappa shape index (κ1) is 15.4. The lowest BCUT2D eigenvalue weighted by molar-refractivity contribution is 0.497. The third kappa shape index (κ3) is 3.54. The Bertz CT molecular complexity index is 566. The Morgan fingerprint density at radius 2 is 2.15 bits per heavy atom. The average Bonchev–Trinajstić information content (AvgIpc) is 2.78. The maximum Gasteiger partial charge on any atom is 0.0834 e. The van der Waals surface area contributed by atoms with E-state index in [1.165, 1.54) is 5.56 Å². The van der Waals surface area contributed by atoms with Gasteiger partial charge in [-0.15, -0.1) is 0 Å². The minimum absolute atomic E-state index is 0.120. The molecule has 1 N–H and O–H groups in total. The number of aryl methyl sites for hydroxylation is 1. The van der Waals surface area contributed by atoms with E-state index in [0.29, 0.717) is 5.02 Å². The highest BCUT2D eigenvalue weighted by Gasteiger charge is 2.19. The highest BCUT2D eigenvalue weighted by atomic mass is 35.5. The molecule has 0 aliphatic carbocycles. The molecule has 1 aromatic heterocycles. The summed E-state index contributed by atoms with van der Waals surface area (Å²) < 4.78 is 1.98. The van der Waals surface area contributed by atoms with E-state index in [2.05, 4.69) is 23.4 Å². The molecular weight excluding hydrogens is 293 g/mol. The predicted molar refractivity (Wildman–Crippen MR) is 84.5 cm³/mol. The largest absolute Gasteiger partial charge is 0.311 e. The Hall–Kier alpha value is -1.03. The van der Waals surface area contributed by atoms with E-state index in [4.69, 9.17) is 23.2 Å². The Kier molecular flexibility index (Phi) is 5.46. The SMILES string of the molecule is CCCn1ncc(Cl)c1C(Cc1cccc(Cl)c1)NC. The fourth-order valence-corrected chi connectivity index (χ4v) is 2.83. The fraction of sp³-hybridized carbons (Fsp3) is 0.400. The van der Waals surface area contributed by atoms with E-state index in [1.807, 2.05) is 29.9 Å². The van der Waals surface area contributed by atoms with Crippen molar-refractivity contribution in [2.45, 2.75) is 32.4 Å². The number of aromatic nitrogens is 2. The van der Waals surface area contributed by atoms with Crippen LogP contribution in [-0.4, -0.2) is 16.8 Å². The lowest BCUT2D eigenvalue weighted by Crippen LogP contribution is -2.23. The molecule has 0 fully saturated rings. The molecule has 1 heterocycles. The van der Waals surface area contributed by atoms with E-state index >= 15 is 0 Å². The van der Waals surface area contributed by atoms with E-state index in [0.717, 1.165) is 30.1 Å². The van der Waals surface area contributed by atoms with Crippen molar-refractivity contribution >= 4 is 23.2 Å². The molecule has 0 bridgehead atoms. The van der Waals surface area contributed by atoms with Crippen LogP contribution in [0.15, 0.2) is 30.5 Å². The molecule has 1 unspecified atom stereocenters. The summed E-state index contributed by atoms with van der Waals surface area (Å²) in [5.41, 5.74) is 2.22. The highest BCUT2D eigenvalue weighted by molar-refractivity contribution is 6.31. The standard InChI is InChI=1S/C15H19Cl2N3/c1-3-7-20-15(13(17)10-19-20)14(18-2)9-11-5-4-6-12(16)8-11/h4-6,8,10,14,18H,3,7,9H2,1-2H3. The summed E-state index contributed by atoms with van der Waals surface area (Å²) >= 11 is 12.3. The molecule has 5 heteroatoms. The zero-order valence-electron chi connectivity index (χ0n) is 11.7. The molecule has 1 aromatic carbocycles. The molecule has 2 rings (SSSR count). The van der Waals surface area contributed by atoms with Gasteiger partial charge in [0.25, 0.3) is 0 Å². The van der Waals surface area contributed by atoms with E-state index in [-0.39, 0.29) is 6.04 Å². The Morgan fingerprint density at radius 3 is 2.80 bits per heavy atom. The van der Waals surface area contributed by atoms with Gasteiger partial charge >= 0.3 is 0 Å². The molecular formula is C15H19Cl2N3. The monoisotopic (exact) mass is 311 g/mol. The van der Waals surface area contributed by atoms with E-state index in [1.54, 1.807) is 6.20 Å². The lowest BCUT2D eigenvalue weighted by atomic mass is 10.0. The van der Waals surface area contributed by atoms with Gasteiger partial charge in [0, 0.05) is 11.6 Å². The van der Waals surface area contributed by atoms with Crippen molar-refractivity contribution in [1.29, 1.82) is 0 Å². The summed E-state index contributed by atoms with van der Waals surface area (Å²) in [6.45, 7) is 3.00. The predicted octanol–water partition coefficient (Wildman–Crippen LogP) is 4.10. The first-order valence-electron chi connectivity index (χ1n) is 6.78. The van der Waals surface area contributed by atoms with Crippen molar-refractivity contribution in [3.05, 3.63) is 51.8 Å². The number of nitrogens with one attached hydrogen (secondary N) is 1. The second-order valence-corrected chi connectivity index (χ2v) is 5.62. The van der Waals surface area contributed by atoms with Crippen molar-refractivity contribution in [2.24, 2.45) is 0 Å². The summed E-state index contributed by atoms with van der Waals surface area (Å²) in [5.74, 6) is 0. The van der Waals surface area contributed by atoms with Gasteiger partial charge in [0.2, 0.25) is 0 Å². The minimum atomic E-state index is 0.120. The van der Waals surface area contributed by atoms with Gasteiger partial charge in [-0.25, -0.2) is 0 Å². The topological polar surface area (TPSA) is 29.9 Å². The second-order valence-electron chi connectivity index (χ2n) is 4.78. The molecule has 2 aromatic rings. The first-order chi connectivity index (χ1) is 9.65. The number of nitrogens with zero attached hydrogens (tertiary/aromatic N) is 2. The number of likely N-dealkylation sites (N-methyl/N-ethyl adjacent to an activating group) is 1. The van der Waals surface area contributed by atoms with Gasteiger partial charge in [0.15, 0.2) is 0 Å². The number of rotatable bonds is 6. The zero-order valence-corrected chi connectivity index (χ0v) is 13.2. The van der Waals surface area contributed by atoms with Crippen LogP contribution in [0.1, 0.15) is 30.6 Å². The lowest BCUT2D eigenvalue weighted by Gasteiger charge is -2.19. The van der Waals surface area contributed by atoms with Gasteiger partial charge < -0.3 is 5.32 Å². The molecule has 20 heavy (non-hydrogen) atoms. The third-order valence-corrected chi connectivity index (χ3v) is 3.80. The van der Waals surface area contributed by atoms with Crippen LogP contribution in [0.4, 0.5) is 0 Å². The molecule has 0 amide bonds. The molecule has 108 valence electrons.